The molecule has 4 nitrogen and oxygen atoms in total. The predicted molar refractivity (Wildman–Crippen MR) is 117 cm³/mol. The van der Waals surface area contributed by atoms with Gasteiger partial charge in [-0.3, -0.25) is 4.79 Å². The third-order valence-corrected chi connectivity index (χ3v) is 6.25. The molecule has 1 N–H and O–H groups in total. The van der Waals surface area contributed by atoms with E-state index in [4.69, 9.17) is 9.15 Å². The van der Waals surface area contributed by atoms with Crippen LogP contribution >= 0.6 is 11.8 Å². The monoisotopic (exact) mass is 428 g/mol. The minimum atomic E-state index is -0.874. The molecule has 3 aromatic rings. The summed E-state index contributed by atoms with van der Waals surface area (Å²) in [4.78, 5) is 11.4. The summed E-state index contributed by atoms with van der Waals surface area (Å²) in [6, 6.07) is 15.8. The van der Waals surface area contributed by atoms with E-state index in [1.165, 1.54) is 23.9 Å². The molecule has 0 amide bonds. The number of ether oxygens (including phenoxy) is 1. The Morgan fingerprint density at radius 3 is 2.57 bits per heavy atom. The van der Waals surface area contributed by atoms with Crippen molar-refractivity contribution < 1.29 is 23.4 Å². The summed E-state index contributed by atoms with van der Waals surface area (Å²) in [6.07, 6.45) is 0. The Hall–Kier alpha value is -2.73. The highest BCUT2D eigenvalue weighted by molar-refractivity contribution is 8.01. The van der Waals surface area contributed by atoms with Crippen molar-refractivity contribution in [3.05, 3.63) is 77.3 Å². The van der Waals surface area contributed by atoms with Crippen molar-refractivity contribution in [2.24, 2.45) is 0 Å². The zero-order chi connectivity index (χ0) is 21.9. The van der Waals surface area contributed by atoms with Gasteiger partial charge < -0.3 is 14.3 Å². The molecule has 0 saturated heterocycles. The summed E-state index contributed by atoms with van der Waals surface area (Å²) in [5.41, 5.74) is 2.72. The normalized spacial score (nSPS) is 12.6. The van der Waals surface area contributed by atoms with Gasteiger partial charge in [-0.25, -0.2) is 4.39 Å². The Balaban J connectivity index is 1.69. The summed E-state index contributed by atoms with van der Waals surface area (Å²) in [5.74, 6) is 0.999. The van der Waals surface area contributed by atoms with E-state index in [0.29, 0.717) is 18.1 Å². The van der Waals surface area contributed by atoms with Gasteiger partial charge >= 0.3 is 5.97 Å². The number of carboxylic acid groups (broad SMARTS) is 1. The van der Waals surface area contributed by atoms with Crippen molar-refractivity contribution >= 4 is 17.7 Å². The van der Waals surface area contributed by atoms with Gasteiger partial charge in [-0.15, -0.1) is 11.8 Å². The number of hydrogen-bond acceptors (Lipinski definition) is 4. The summed E-state index contributed by atoms with van der Waals surface area (Å²) < 4.78 is 24.0. The van der Waals surface area contributed by atoms with Crippen LogP contribution in [0.25, 0.3) is 11.3 Å². The molecule has 3 rings (SSSR count). The number of hydrogen-bond donors (Lipinski definition) is 1. The molecule has 158 valence electrons. The summed E-state index contributed by atoms with van der Waals surface area (Å²) in [6.45, 7) is 7.61. The minimum absolute atomic E-state index is 0.000361. The van der Waals surface area contributed by atoms with Crippen molar-refractivity contribution in [2.45, 2.75) is 44.3 Å². The SMILES string of the molecule is Cc1oc(-c2ccc(F)cc2)cc1COc1cccc(C(C)SC(C)(C)C(=O)O)c1. The molecule has 2 aromatic carbocycles. The highest BCUT2D eigenvalue weighted by Crippen LogP contribution is 2.39. The summed E-state index contributed by atoms with van der Waals surface area (Å²) in [5, 5.41) is 9.35. The Morgan fingerprint density at radius 2 is 1.90 bits per heavy atom. The molecule has 1 aromatic heterocycles. The van der Waals surface area contributed by atoms with Crippen molar-refractivity contribution in [3.63, 3.8) is 0 Å². The van der Waals surface area contributed by atoms with Crippen LogP contribution < -0.4 is 4.74 Å². The molecule has 0 spiro atoms. The zero-order valence-corrected chi connectivity index (χ0v) is 18.3. The number of halogens is 1. The van der Waals surface area contributed by atoms with Crippen LogP contribution in [-0.2, 0) is 11.4 Å². The second-order valence-electron chi connectivity index (χ2n) is 7.64. The molecule has 0 aliphatic carbocycles. The van der Waals surface area contributed by atoms with Crippen LogP contribution in [0.4, 0.5) is 4.39 Å². The first-order valence-electron chi connectivity index (χ1n) is 9.65. The molecular formula is C24H25FO4S. The second kappa shape index (κ2) is 8.96. The lowest BCUT2D eigenvalue weighted by Crippen LogP contribution is -2.28. The maximum atomic E-state index is 13.1. The van der Waals surface area contributed by atoms with Crippen LogP contribution in [0.2, 0.25) is 0 Å². The molecule has 1 atom stereocenters. The number of furan rings is 1. The molecule has 30 heavy (non-hydrogen) atoms. The van der Waals surface area contributed by atoms with Crippen molar-refractivity contribution in [3.8, 4) is 17.1 Å². The molecule has 6 heteroatoms. The number of carboxylic acids is 1. The molecule has 0 aliphatic rings. The van der Waals surface area contributed by atoms with Gasteiger partial charge in [0.1, 0.15) is 34.4 Å². The maximum absolute atomic E-state index is 13.1. The van der Waals surface area contributed by atoms with Gasteiger partial charge in [0.2, 0.25) is 0 Å². The van der Waals surface area contributed by atoms with E-state index >= 15 is 0 Å². The van der Waals surface area contributed by atoms with E-state index in [1.54, 1.807) is 26.0 Å². The number of aryl methyl sites for hydroxylation is 1. The van der Waals surface area contributed by atoms with Crippen molar-refractivity contribution in [1.29, 1.82) is 0 Å². The fourth-order valence-corrected chi connectivity index (χ4v) is 4.27. The molecule has 0 bridgehead atoms. The van der Waals surface area contributed by atoms with E-state index in [2.05, 4.69) is 0 Å². The number of aliphatic carboxylic acids is 1. The second-order valence-corrected chi connectivity index (χ2v) is 9.60. The number of rotatable bonds is 8. The van der Waals surface area contributed by atoms with Crippen LogP contribution in [0.15, 0.2) is 59.0 Å². The molecule has 0 aliphatic heterocycles. The molecular weight excluding hydrogens is 403 g/mol. The molecule has 0 saturated carbocycles. The third kappa shape index (κ3) is 5.25. The quantitative estimate of drug-likeness (QED) is 0.436. The van der Waals surface area contributed by atoms with E-state index in [0.717, 1.165) is 22.5 Å². The van der Waals surface area contributed by atoms with Crippen LogP contribution in [0, 0.1) is 12.7 Å². The van der Waals surface area contributed by atoms with Crippen molar-refractivity contribution in [2.75, 3.05) is 0 Å². The van der Waals surface area contributed by atoms with Crippen LogP contribution in [0.3, 0.4) is 0 Å². The number of thioether (sulfide) groups is 1. The fraction of sp³-hybridized carbons (Fsp3) is 0.292. The highest BCUT2D eigenvalue weighted by atomic mass is 32.2. The van der Waals surface area contributed by atoms with E-state index in [1.807, 2.05) is 44.2 Å². The average Bonchev–Trinajstić information content (AvgIpc) is 3.07. The van der Waals surface area contributed by atoms with Gasteiger partial charge in [0.15, 0.2) is 0 Å². The highest BCUT2D eigenvalue weighted by Gasteiger charge is 2.30. The topological polar surface area (TPSA) is 59.7 Å². The minimum Gasteiger partial charge on any atom is -0.489 e. The Labute approximate surface area is 180 Å². The van der Waals surface area contributed by atoms with Gasteiger partial charge in [-0.1, -0.05) is 12.1 Å². The largest absolute Gasteiger partial charge is 0.489 e. The Morgan fingerprint density at radius 1 is 1.20 bits per heavy atom. The van der Waals surface area contributed by atoms with Gasteiger partial charge in [0.05, 0.1) is 0 Å². The third-order valence-electron chi connectivity index (χ3n) is 4.86. The summed E-state index contributed by atoms with van der Waals surface area (Å²) >= 11 is 1.39. The number of carbonyl (C=O) groups is 1. The number of benzene rings is 2. The van der Waals surface area contributed by atoms with Gasteiger partial charge in [0.25, 0.3) is 0 Å². The maximum Gasteiger partial charge on any atom is 0.319 e. The standard InChI is InChI=1S/C24H25FO4S/c1-15-19(13-22(29-15)17-8-10-20(25)11-9-17)14-28-21-7-5-6-18(12-21)16(2)30-24(3,4)23(26)27/h5-13,16H,14H2,1-4H3,(H,26,27). The van der Waals surface area contributed by atoms with Gasteiger partial charge in [-0.05, 0) is 75.7 Å². The smallest absolute Gasteiger partial charge is 0.319 e. The molecule has 0 radical (unpaired) electrons. The Bertz CT molecular complexity index is 1020. The predicted octanol–water partition coefficient (Wildman–Crippen LogP) is 6.63. The lowest BCUT2D eigenvalue weighted by Gasteiger charge is -2.23. The van der Waals surface area contributed by atoms with Gasteiger partial charge in [-0.2, -0.15) is 0 Å². The summed E-state index contributed by atoms with van der Waals surface area (Å²) in [7, 11) is 0. The lowest BCUT2D eigenvalue weighted by molar-refractivity contribution is -0.138. The average molecular weight is 429 g/mol. The first kappa shape index (κ1) is 22.0. The van der Waals surface area contributed by atoms with E-state index in [9.17, 15) is 14.3 Å². The molecule has 0 fully saturated rings. The Kier molecular flexibility index (Phi) is 6.56. The van der Waals surface area contributed by atoms with E-state index in [-0.39, 0.29) is 11.1 Å². The fourth-order valence-electron chi connectivity index (χ4n) is 3.00. The zero-order valence-electron chi connectivity index (χ0n) is 17.4. The van der Waals surface area contributed by atoms with Crippen molar-refractivity contribution in [1.82, 2.24) is 0 Å². The first-order valence-corrected chi connectivity index (χ1v) is 10.5. The van der Waals surface area contributed by atoms with Crippen LogP contribution in [0.5, 0.6) is 5.75 Å². The molecule has 1 unspecified atom stereocenters. The van der Waals surface area contributed by atoms with Gasteiger partial charge in [0, 0.05) is 16.4 Å². The van der Waals surface area contributed by atoms with E-state index < -0.39 is 10.7 Å². The lowest BCUT2D eigenvalue weighted by atomic mass is 10.1. The van der Waals surface area contributed by atoms with Crippen LogP contribution in [-0.4, -0.2) is 15.8 Å². The first-order chi connectivity index (χ1) is 14.2. The molecule has 1 heterocycles. The van der Waals surface area contributed by atoms with Crippen LogP contribution in [0.1, 0.15) is 42.9 Å².